The first-order valence-electron chi connectivity index (χ1n) is 11.1. The third-order valence-corrected chi connectivity index (χ3v) is 7.01. The Kier molecular flexibility index (Phi) is 4.90. The molecule has 1 fully saturated rings. The fourth-order valence-electron chi connectivity index (χ4n) is 5.23. The van der Waals surface area contributed by atoms with E-state index in [2.05, 4.69) is 4.90 Å². The molecule has 6 rings (SSSR count). The minimum Gasteiger partial charge on any atom is -0.477 e. The van der Waals surface area contributed by atoms with Crippen LogP contribution in [0.5, 0.6) is 17.2 Å². The van der Waals surface area contributed by atoms with Crippen molar-refractivity contribution < 1.29 is 23.7 Å². The smallest absolute Gasteiger partial charge is 0.231 e. The third kappa shape index (κ3) is 3.29. The topological polar surface area (TPSA) is 57.2 Å². The van der Waals surface area contributed by atoms with Gasteiger partial charge in [-0.3, -0.25) is 9.69 Å². The summed E-state index contributed by atoms with van der Waals surface area (Å²) in [6, 6.07) is 6.10. The van der Waals surface area contributed by atoms with Crippen molar-refractivity contribution in [2.45, 2.75) is 51.8 Å². The second-order valence-electron chi connectivity index (χ2n) is 8.86. The fourth-order valence-corrected chi connectivity index (χ4v) is 5.48. The highest BCUT2D eigenvalue weighted by molar-refractivity contribution is 6.31. The number of rotatable bonds is 2. The normalized spacial score (nSPS) is 21.6. The Morgan fingerprint density at radius 2 is 1.91 bits per heavy atom. The Hall–Kier alpha value is -2.54. The van der Waals surface area contributed by atoms with Gasteiger partial charge in [0.25, 0.3) is 0 Å². The van der Waals surface area contributed by atoms with Gasteiger partial charge in [0.2, 0.25) is 5.78 Å². The second-order valence-corrected chi connectivity index (χ2v) is 9.30. The van der Waals surface area contributed by atoms with E-state index in [1.54, 1.807) is 12.1 Å². The monoisotopic (exact) mass is 453 g/mol. The third-order valence-electron chi connectivity index (χ3n) is 6.80. The molecule has 0 atom stereocenters. The first-order valence-corrected chi connectivity index (χ1v) is 11.5. The molecule has 0 aromatic heterocycles. The maximum absolute atomic E-state index is 13.3. The minimum atomic E-state index is -0.135. The molecular formula is C25H24ClNO5. The Morgan fingerprint density at radius 1 is 1.06 bits per heavy atom. The number of hydrogen-bond donors (Lipinski definition) is 0. The maximum atomic E-state index is 13.3. The standard InChI is InChI=1S/C25H24ClNO5/c1-14-23-16(10-27(12-30-23)19-4-2-3-5-19)8-20-22(28)21(32-24(14)20)9-15-6-18(26)7-17-11-29-13-31-25(15)17/h6-9,19H,2-5,10-13H2,1H3/b21-9-. The van der Waals surface area contributed by atoms with Crippen LogP contribution in [-0.4, -0.2) is 30.2 Å². The molecule has 1 saturated carbocycles. The van der Waals surface area contributed by atoms with Gasteiger partial charge in [-0.05, 0) is 44.0 Å². The van der Waals surface area contributed by atoms with Crippen molar-refractivity contribution in [2.24, 2.45) is 0 Å². The van der Waals surface area contributed by atoms with Crippen LogP contribution < -0.4 is 14.2 Å². The number of carbonyl (C=O) groups is 1. The van der Waals surface area contributed by atoms with Crippen molar-refractivity contribution in [1.29, 1.82) is 0 Å². The molecule has 0 spiro atoms. The fraction of sp³-hybridized carbons (Fsp3) is 0.400. The van der Waals surface area contributed by atoms with Gasteiger partial charge in [-0.25, -0.2) is 0 Å². The van der Waals surface area contributed by atoms with Crippen LogP contribution in [0, 0.1) is 6.92 Å². The van der Waals surface area contributed by atoms with Crippen LogP contribution in [0.25, 0.3) is 6.08 Å². The zero-order valence-electron chi connectivity index (χ0n) is 17.9. The molecule has 0 saturated heterocycles. The number of nitrogens with zero attached hydrogens (tertiary/aromatic N) is 1. The van der Waals surface area contributed by atoms with E-state index in [0.29, 0.717) is 47.0 Å². The van der Waals surface area contributed by atoms with E-state index in [1.807, 2.05) is 19.1 Å². The molecule has 1 aliphatic carbocycles. The molecule has 4 aliphatic rings. The number of allylic oxidation sites excluding steroid dienone is 1. The summed E-state index contributed by atoms with van der Waals surface area (Å²) in [5.41, 5.74) is 4.07. The van der Waals surface area contributed by atoms with E-state index >= 15 is 0 Å². The average molecular weight is 454 g/mol. The molecule has 32 heavy (non-hydrogen) atoms. The highest BCUT2D eigenvalue weighted by Crippen LogP contribution is 2.44. The van der Waals surface area contributed by atoms with Gasteiger partial charge >= 0.3 is 0 Å². The lowest BCUT2D eigenvalue weighted by Crippen LogP contribution is -2.39. The molecule has 0 unspecified atom stereocenters. The molecule has 7 heteroatoms. The summed E-state index contributed by atoms with van der Waals surface area (Å²) in [6.07, 6.45) is 6.70. The van der Waals surface area contributed by atoms with Crippen LogP contribution >= 0.6 is 11.6 Å². The molecular weight excluding hydrogens is 430 g/mol. The molecule has 2 aromatic rings. The summed E-state index contributed by atoms with van der Waals surface area (Å²) in [5, 5.41) is 0.555. The van der Waals surface area contributed by atoms with Crippen LogP contribution in [0.2, 0.25) is 5.02 Å². The SMILES string of the molecule is Cc1c2c(cc3c1O/C(=C\c1cc(Cl)cc4c1OCOC4)C3=O)CN(C1CCCC1)CO2. The van der Waals surface area contributed by atoms with Crippen LogP contribution in [0.3, 0.4) is 0 Å². The average Bonchev–Trinajstić information content (AvgIpc) is 3.43. The van der Waals surface area contributed by atoms with Gasteiger partial charge in [0, 0.05) is 39.9 Å². The highest BCUT2D eigenvalue weighted by atomic mass is 35.5. The zero-order chi connectivity index (χ0) is 21.8. The van der Waals surface area contributed by atoms with Crippen molar-refractivity contribution in [1.82, 2.24) is 4.90 Å². The molecule has 6 nitrogen and oxygen atoms in total. The summed E-state index contributed by atoms with van der Waals surface area (Å²) in [4.78, 5) is 15.7. The number of carbonyl (C=O) groups excluding carboxylic acids is 1. The number of ketones is 1. The molecule has 0 amide bonds. The quantitative estimate of drug-likeness (QED) is 0.580. The Bertz CT molecular complexity index is 1150. The minimum absolute atomic E-state index is 0.135. The molecule has 3 heterocycles. The van der Waals surface area contributed by atoms with Gasteiger partial charge in [0.1, 0.15) is 24.0 Å². The van der Waals surface area contributed by atoms with Crippen molar-refractivity contribution in [2.75, 3.05) is 13.5 Å². The van der Waals surface area contributed by atoms with E-state index in [0.717, 1.165) is 29.0 Å². The van der Waals surface area contributed by atoms with Gasteiger partial charge in [-0.1, -0.05) is 24.4 Å². The number of Topliss-reactive ketones (excluding diaryl/α,β-unsaturated/α-hetero) is 1. The summed E-state index contributed by atoms with van der Waals surface area (Å²) in [6.45, 7) is 3.93. The number of fused-ring (bicyclic) bond motifs is 3. The van der Waals surface area contributed by atoms with Crippen molar-refractivity contribution >= 4 is 23.5 Å². The summed E-state index contributed by atoms with van der Waals surface area (Å²) < 4.78 is 23.2. The molecule has 0 N–H and O–H groups in total. The van der Waals surface area contributed by atoms with E-state index in [-0.39, 0.29) is 18.3 Å². The van der Waals surface area contributed by atoms with E-state index in [1.165, 1.54) is 25.7 Å². The number of ether oxygens (including phenoxy) is 4. The predicted molar refractivity (Wildman–Crippen MR) is 119 cm³/mol. The Balaban J connectivity index is 1.35. The molecule has 166 valence electrons. The van der Waals surface area contributed by atoms with Gasteiger partial charge in [0.05, 0.1) is 12.2 Å². The van der Waals surface area contributed by atoms with Crippen molar-refractivity contribution in [3.8, 4) is 17.2 Å². The van der Waals surface area contributed by atoms with E-state index in [9.17, 15) is 4.79 Å². The van der Waals surface area contributed by atoms with Gasteiger partial charge in [-0.15, -0.1) is 0 Å². The van der Waals surface area contributed by atoms with Crippen LogP contribution in [0.4, 0.5) is 0 Å². The zero-order valence-corrected chi connectivity index (χ0v) is 18.7. The molecule has 2 aromatic carbocycles. The second kappa shape index (κ2) is 7.80. The van der Waals surface area contributed by atoms with Gasteiger partial charge < -0.3 is 18.9 Å². The highest BCUT2D eigenvalue weighted by Gasteiger charge is 2.35. The summed E-state index contributed by atoms with van der Waals surface area (Å²) in [5.74, 6) is 2.22. The summed E-state index contributed by atoms with van der Waals surface area (Å²) >= 11 is 6.28. The largest absolute Gasteiger partial charge is 0.477 e. The van der Waals surface area contributed by atoms with Crippen LogP contribution in [0.15, 0.2) is 24.0 Å². The first-order chi connectivity index (χ1) is 15.6. The lowest BCUT2D eigenvalue weighted by Gasteiger charge is -2.34. The van der Waals surface area contributed by atoms with Gasteiger partial charge in [-0.2, -0.15) is 0 Å². The first kappa shape index (κ1) is 20.1. The Morgan fingerprint density at radius 3 is 2.75 bits per heavy atom. The van der Waals surface area contributed by atoms with E-state index in [4.69, 9.17) is 30.5 Å². The predicted octanol–water partition coefficient (Wildman–Crippen LogP) is 5.23. The van der Waals surface area contributed by atoms with Crippen LogP contribution in [0.1, 0.15) is 58.3 Å². The molecule has 0 bridgehead atoms. The van der Waals surface area contributed by atoms with Gasteiger partial charge in [0.15, 0.2) is 12.6 Å². The van der Waals surface area contributed by atoms with E-state index < -0.39 is 0 Å². The van der Waals surface area contributed by atoms with Crippen LogP contribution in [-0.2, 0) is 17.9 Å². The van der Waals surface area contributed by atoms with Crippen molar-refractivity contribution in [3.63, 3.8) is 0 Å². The number of hydrogen-bond acceptors (Lipinski definition) is 6. The molecule has 0 radical (unpaired) electrons. The summed E-state index contributed by atoms with van der Waals surface area (Å²) in [7, 11) is 0. The number of benzene rings is 2. The maximum Gasteiger partial charge on any atom is 0.231 e. The lowest BCUT2D eigenvalue weighted by molar-refractivity contribution is -0.0165. The molecule has 3 aliphatic heterocycles. The lowest BCUT2D eigenvalue weighted by atomic mass is 9.99. The number of halogens is 1. The Labute approximate surface area is 191 Å². The van der Waals surface area contributed by atoms with Crippen molar-refractivity contribution in [3.05, 3.63) is 56.8 Å².